The van der Waals surface area contributed by atoms with Gasteiger partial charge in [-0.05, 0) is 24.6 Å². The zero-order valence-corrected chi connectivity index (χ0v) is 12.5. The molecule has 0 fully saturated rings. The lowest BCUT2D eigenvalue weighted by molar-refractivity contribution is -0.385. The number of nitrogens with zero attached hydrogens (tertiary/aromatic N) is 2. The maximum Gasteiger partial charge on any atom is 0.288 e. The van der Waals surface area contributed by atoms with Crippen molar-refractivity contribution >= 4 is 27.5 Å². The van der Waals surface area contributed by atoms with Crippen LogP contribution in [0, 0.1) is 17.0 Å². The maximum absolute atomic E-state index is 11.4. The van der Waals surface area contributed by atoms with Gasteiger partial charge in [-0.25, -0.2) is 4.98 Å². The number of nitrogens with two attached hydrogens (primary N) is 1. The van der Waals surface area contributed by atoms with E-state index in [1.165, 1.54) is 0 Å². The first-order valence-electron chi connectivity index (χ1n) is 5.76. The average molecular weight is 352 g/mol. The van der Waals surface area contributed by atoms with E-state index in [4.69, 9.17) is 10.5 Å². The number of aryl methyl sites for hydroxylation is 1. The fraction of sp³-hybridized carbons (Fsp3) is 0.0769. The number of ether oxygens (including phenoxy) is 1. The summed E-state index contributed by atoms with van der Waals surface area (Å²) in [5.74, 6) is -0.462. The summed E-state index contributed by atoms with van der Waals surface area (Å²) in [4.78, 5) is 25.3. The summed E-state index contributed by atoms with van der Waals surface area (Å²) in [5.41, 5.74) is 5.55. The molecule has 0 saturated heterocycles. The van der Waals surface area contributed by atoms with Crippen LogP contribution in [-0.4, -0.2) is 15.8 Å². The topological polar surface area (TPSA) is 108 Å². The lowest BCUT2D eigenvalue weighted by Gasteiger charge is -2.10. The standard InChI is InChI=1S/C13H10BrN3O4/c1-7-2-3-8(14)4-11(7)21-13-10(12(15)18)5-9(6-16-13)17(19)20/h2-6H,1H3,(H2,15,18). The first-order chi connectivity index (χ1) is 9.88. The molecule has 108 valence electrons. The van der Waals surface area contributed by atoms with Crippen molar-refractivity contribution in [2.24, 2.45) is 5.73 Å². The fourth-order valence-corrected chi connectivity index (χ4v) is 1.93. The van der Waals surface area contributed by atoms with Crippen molar-refractivity contribution in [3.05, 3.63) is 56.2 Å². The van der Waals surface area contributed by atoms with Crippen molar-refractivity contribution < 1.29 is 14.5 Å². The summed E-state index contributed by atoms with van der Waals surface area (Å²) in [6.45, 7) is 1.82. The Morgan fingerprint density at radius 3 is 2.76 bits per heavy atom. The van der Waals surface area contributed by atoms with Crippen LogP contribution in [0.25, 0.3) is 0 Å². The number of hydrogen-bond donors (Lipinski definition) is 1. The Morgan fingerprint density at radius 1 is 1.43 bits per heavy atom. The summed E-state index contributed by atoms with van der Waals surface area (Å²) < 4.78 is 6.34. The molecule has 21 heavy (non-hydrogen) atoms. The normalized spacial score (nSPS) is 10.2. The molecule has 1 aromatic carbocycles. The molecule has 0 aliphatic carbocycles. The fourth-order valence-electron chi connectivity index (χ4n) is 1.59. The first kappa shape index (κ1) is 14.9. The second-order valence-electron chi connectivity index (χ2n) is 4.18. The summed E-state index contributed by atoms with van der Waals surface area (Å²) in [6, 6.07) is 6.39. The van der Waals surface area contributed by atoms with Gasteiger partial charge in [0.15, 0.2) is 0 Å². The Hall–Kier alpha value is -2.48. The molecule has 0 bridgehead atoms. The second-order valence-corrected chi connectivity index (χ2v) is 5.10. The van der Waals surface area contributed by atoms with Gasteiger partial charge >= 0.3 is 0 Å². The Bertz CT molecular complexity index is 733. The third-order valence-corrected chi connectivity index (χ3v) is 3.16. The number of carbonyl (C=O) groups excluding carboxylic acids is 1. The van der Waals surface area contributed by atoms with Crippen LogP contribution in [0.1, 0.15) is 15.9 Å². The van der Waals surface area contributed by atoms with E-state index < -0.39 is 10.8 Å². The summed E-state index contributed by atoms with van der Waals surface area (Å²) in [6.07, 6.45) is 1.01. The predicted octanol–water partition coefficient (Wildman–Crippen LogP) is 2.95. The first-order valence-corrected chi connectivity index (χ1v) is 6.56. The van der Waals surface area contributed by atoms with Crippen LogP contribution in [0.3, 0.4) is 0 Å². The van der Waals surface area contributed by atoms with Gasteiger partial charge in [-0.1, -0.05) is 22.0 Å². The number of amides is 1. The van der Waals surface area contributed by atoms with E-state index in [-0.39, 0.29) is 17.1 Å². The van der Waals surface area contributed by atoms with Gasteiger partial charge in [-0.15, -0.1) is 0 Å². The monoisotopic (exact) mass is 351 g/mol. The van der Waals surface area contributed by atoms with Gasteiger partial charge < -0.3 is 10.5 Å². The van der Waals surface area contributed by atoms with E-state index in [0.717, 1.165) is 22.3 Å². The largest absolute Gasteiger partial charge is 0.438 e. The van der Waals surface area contributed by atoms with Crippen LogP contribution in [0.15, 0.2) is 34.9 Å². The third kappa shape index (κ3) is 3.34. The van der Waals surface area contributed by atoms with Crippen molar-refractivity contribution in [2.45, 2.75) is 6.92 Å². The van der Waals surface area contributed by atoms with Gasteiger partial charge in [0.25, 0.3) is 11.6 Å². The number of halogens is 1. The number of nitro groups is 1. The van der Waals surface area contributed by atoms with Gasteiger partial charge in [0.2, 0.25) is 5.88 Å². The molecular weight excluding hydrogens is 342 g/mol. The Labute approximate surface area is 128 Å². The lowest BCUT2D eigenvalue weighted by atomic mass is 10.2. The van der Waals surface area contributed by atoms with Crippen LogP contribution in [-0.2, 0) is 0 Å². The van der Waals surface area contributed by atoms with Crippen molar-refractivity contribution in [1.29, 1.82) is 0 Å². The number of benzene rings is 1. The van der Waals surface area contributed by atoms with Crippen molar-refractivity contribution in [3.8, 4) is 11.6 Å². The van der Waals surface area contributed by atoms with Gasteiger partial charge in [0.1, 0.15) is 17.5 Å². The van der Waals surface area contributed by atoms with E-state index in [9.17, 15) is 14.9 Å². The van der Waals surface area contributed by atoms with E-state index in [1.807, 2.05) is 19.1 Å². The molecule has 0 atom stereocenters. The Kier molecular flexibility index (Phi) is 4.18. The number of carbonyl (C=O) groups is 1. The Balaban J connectivity index is 2.46. The van der Waals surface area contributed by atoms with Gasteiger partial charge in [-0.3, -0.25) is 14.9 Å². The van der Waals surface area contributed by atoms with E-state index in [1.54, 1.807) is 6.07 Å². The minimum atomic E-state index is -0.853. The van der Waals surface area contributed by atoms with Crippen LogP contribution in [0.2, 0.25) is 0 Å². The SMILES string of the molecule is Cc1ccc(Br)cc1Oc1ncc([N+](=O)[O-])cc1C(N)=O. The molecule has 0 aliphatic rings. The number of hydrogen-bond acceptors (Lipinski definition) is 5. The van der Waals surface area contributed by atoms with Crippen LogP contribution >= 0.6 is 15.9 Å². The molecule has 8 heteroatoms. The van der Waals surface area contributed by atoms with Gasteiger partial charge in [-0.2, -0.15) is 0 Å². The molecular formula is C13H10BrN3O4. The third-order valence-electron chi connectivity index (χ3n) is 2.67. The highest BCUT2D eigenvalue weighted by Gasteiger charge is 2.18. The second kappa shape index (κ2) is 5.88. The molecule has 7 nitrogen and oxygen atoms in total. The minimum absolute atomic E-state index is 0.0747. The molecule has 1 heterocycles. The minimum Gasteiger partial charge on any atom is -0.438 e. The van der Waals surface area contributed by atoms with E-state index in [0.29, 0.717) is 5.75 Å². The van der Waals surface area contributed by atoms with Crippen molar-refractivity contribution in [2.75, 3.05) is 0 Å². The molecule has 1 aromatic heterocycles. The van der Waals surface area contributed by atoms with Crippen LogP contribution in [0.4, 0.5) is 5.69 Å². The van der Waals surface area contributed by atoms with Gasteiger partial charge in [0.05, 0.1) is 4.92 Å². The highest BCUT2D eigenvalue weighted by Crippen LogP contribution is 2.30. The molecule has 2 rings (SSSR count). The molecule has 2 N–H and O–H groups in total. The quantitative estimate of drug-likeness (QED) is 0.672. The molecule has 0 aliphatic heterocycles. The molecule has 0 spiro atoms. The number of pyridine rings is 1. The zero-order valence-electron chi connectivity index (χ0n) is 10.9. The number of rotatable bonds is 4. The Morgan fingerprint density at radius 2 is 2.14 bits per heavy atom. The van der Waals surface area contributed by atoms with Crippen molar-refractivity contribution in [1.82, 2.24) is 4.98 Å². The van der Waals surface area contributed by atoms with Crippen LogP contribution in [0.5, 0.6) is 11.6 Å². The molecule has 0 unspecified atom stereocenters. The number of primary amides is 1. The highest BCUT2D eigenvalue weighted by molar-refractivity contribution is 9.10. The van der Waals surface area contributed by atoms with Crippen LogP contribution < -0.4 is 10.5 Å². The molecule has 2 aromatic rings. The molecule has 1 amide bonds. The van der Waals surface area contributed by atoms with E-state index >= 15 is 0 Å². The summed E-state index contributed by atoms with van der Waals surface area (Å²) in [7, 11) is 0. The highest BCUT2D eigenvalue weighted by atomic mass is 79.9. The summed E-state index contributed by atoms with van der Waals surface area (Å²) >= 11 is 3.31. The maximum atomic E-state index is 11.4. The number of aromatic nitrogens is 1. The molecule has 0 radical (unpaired) electrons. The average Bonchev–Trinajstić information content (AvgIpc) is 2.42. The van der Waals surface area contributed by atoms with Gasteiger partial charge in [0, 0.05) is 10.5 Å². The smallest absolute Gasteiger partial charge is 0.288 e. The molecule has 0 saturated carbocycles. The van der Waals surface area contributed by atoms with E-state index in [2.05, 4.69) is 20.9 Å². The predicted molar refractivity (Wildman–Crippen MR) is 78.4 cm³/mol. The zero-order chi connectivity index (χ0) is 15.6. The van der Waals surface area contributed by atoms with Crippen molar-refractivity contribution in [3.63, 3.8) is 0 Å². The summed E-state index contributed by atoms with van der Waals surface area (Å²) in [5, 5.41) is 10.7. The lowest BCUT2D eigenvalue weighted by Crippen LogP contribution is -2.13.